The number of anilines is 1. The van der Waals surface area contributed by atoms with Crippen LogP contribution >= 0.6 is 0 Å². The Labute approximate surface area is 117 Å². The van der Waals surface area contributed by atoms with Crippen LogP contribution in [0.5, 0.6) is 0 Å². The van der Waals surface area contributed by atoms with E-state index in [9.17, 15) is 10.1 Å². The predicted molar refractivity (Wildman–Crippen MR) is 76.4 cm³/mol. The number of piperidine rings is 1. The van der Waals surface area contributed by atoms with Crippen molar-refractivity contribution in [2.75, 3.05) is 18.0 Å². The van der Waals surface area contributed by atoms with Crippen LogP contribution in [0.1, 0.15) is 25.8 Å². The lowest BCUT2D eigenvalue weighted by atomic mass is 9.79. The summed E-state index contributed by atoms with van der Waals surface area (Å²) in [5, 5.41) is 20.3. The van der Waals surface area contributed by atoms with Crippen LogP contribution < -0.4 is 10.6 Å². The predicted octanol–water partition coefficient (Wildman–Crippen LogP) is 2.03. The molecular weight excluding hydrogens is 256 g/mol. The van der Waals surface area contributed by atoms with Crippen molar-refractivity contribution in [3.8, 4) is 6.07 Å². The monoisotopic (exact) mass is 274 g/mol. The highest BCUT2D eigenvalue weighted by Gasteiger charge is 2.36. The molecule has 1 aliphatic rings. The van der Waals surface area contributed by atoms with E-state index in [4.69, 9.17) is 11.0 Å². The molecule has 0 aliphatic carbocycles. The lowest BCUT2D eigenvalue weighted by Gasteiger charge is -2.43. The molecule has 0 bridgehead atoms. The van der Waals surface area contributed by atoms with Gasteiger partial charge < -0.3 is 10.6 Å². The second-order valence-corrected chi connectivity index (χ2v) is 5.85. The third-order valence-electron chi connectivity index (χ3n) is 3.97. The summed E-state index contributed by atoms with van der Waals surface area (Å²) in [6, 6.07) is 6.83. The molecule has 6 heteroatoms. The van der Waals surface area contributed by atoms with Crippen LogP contribution in [0, 0.1) is 26.9 Å². The van der Waals surface area contributed by atoms with E-state index in [0.717, 1.165) is 6.42 Å². The molecule has 1 aromatic carbocycles. The molecule has 2 N–H and O–H groups in total. The van der Waals surface area contributed by atoms with Crippen LogP contribution in [0.25, 0.3) is 0 Å². The highest BCUT2D eigenvalue weighted by Crippen LogP contribution is 2.37. The normalized spacial score (nSPS) is 21.3. The Hall–Kier alpha value is -2.13. The van der Waals surface area contributed by atoms with Gasteiger partial charge in [-0.1, -0.05) is 19.9 Å². The fourth-order valence-corrected chi connectivity index (χ4v) is 2.65. The zero-order valence-electron chi connectivity index (χ0n) is 11.7. The molecule has 1 atom stereocenters. The molecule has 20 heavy (non-hydrogen) atoms. The summed E-state index contributed by atoms with van der Waals surface area (Å²) < 4.78 is 0. The van der Waals surface area contributed by atoms with Crippen LogP contribution in [-0.2, 0) is 0 Å². The molecule has 106 valence electrons. The topological polar surface area (TPSA) is 96.2 Å². The zero-order valence-corrected chi connectivity index (χ0v) is 11.7. The number of para-hydroxylation sites is 1. The first-order valence-corrected chi connectivity index (χ1v) is 6.55. The Balaban J connectivity index is 2.44. The van der Waals surface area contributed by atoms with E-state index in [1.807, 2.05) is 11.0 Å². The molecule has 0 spiro atoms. The number of nitro groups is 1. The molecule has 0 amide bonds. The average Bonchev–Trinajstić information content (AvgIpc) is 2.40. The first-order valence-electron chi connectivity index (χ1n) is 6.55. The van der Waals surface area contributed by atoms with Gasteiger partial charge in [0, 0.05) is 19.1 Å². The van der Waals surface area contributed by atoms with Gasteiger partial charge in [-0.2, -0.15) is 5.26 Å². The summed E-state index contributed by atoms with van der Waals surface area (Å²) in [5.74, 6) is 0. The van der Waals surface area contributed by atoms with Crippen molar-refractivity contribution in [2.45, 2.75) is 26.3 Å². The van der Waals surface area contributed by atoms with Gasteiger partial charge in [-0.3, -0.25) is 10.1 Å². The van der Waals surface area contributed by atoms with Crippen LogP contribution in [0.2, 0.25) is 0 Å². The number of nitrogens with two attached hydrogens (primary N) is 1. The Morgan fingerprint density at radius 1 is 1.55 bits per heavy atom. The van der Waals surface area contributed by atoms with E-state index >= 15 is 0 Å². The Bertz CT molecular complexity index is 577. The van der Waals surface area contributed by atoms with E-state index in [2.05, 4.69) is 13.8 Å². The minimum Gasteiger partial charge on any atom is -0.365 e. The van der Waals surface area contributed by atoms with Gasteiger partial charge >= 0.3 is 5.69 Å². The second kappa shape index (κ2) is 5.10. The van der Waals surface area contributed by atoms with Crippen LogP contribution in [-0.4, -0.2) is 24.1 Å². The molecule has 0 radical (unpaired) electrons. The Morgan fingerprint density at radius 3 is 2.80 bits per heavy atom. The fourth-order valence-electron chi connectivity index (χ4n) is 2.65. The third kappa shape index (κ3) is 2.45. The Kier molecular flexibility index (Phi) is 3.64. The number of nitriles is 1. The molecule has 1 aliphatic heterocycles. The lowest BCUT2D eigenvalue weighted by Crippen LogP contribution is -2.52. The smallest absolute Gasteiger partial charge is 0.310 e. The molecule has 1 unspecified atom stereocenters. The first-order chi connectivity index (χ1) is 9.36. The van der Waals surface area contributed by atoms with Crippen LogP contribution in [0.3, 0.4) is 0 Å². The highest BCUT2D eigenvalue weighted by atomic mass is 16.6. The van der Waals surface area contributed by atoms with Crippen molar-refractivity contribution in [1.29, 1.82) is 5.26 Å². The molecule has 1 fully saturated rings. The summed E-state index contributed by atoms with van der Waals surface area (Å²) >= 11 is 0. The molecule has 0 aromatic heterocycles. The van der Waals surface area contributed by atoms with Gasteiger partial charge in [-0.15, -0.1) is 0 Å². The molecule has 6 nitrogen and oxygen atoms in total. The van der Waals surface area contributed by atoms with Gasteiger partial charge in [-0.05, 0) is 24.0 Å². The SMILES string of the molecule is CC1(C)CN(c2cccc(C#N)c2[N+](=O)[O-])CCC1N. The van der Waals surface area contributed by atoms with Crippen LogP contribution in [0.4, 0.5) is 11.4 Å². The Morgan fingerprint density at radius 2 is 2.25 bits per heavy atom. The molecular formula is C14H18N4O2. The van der Waals surface area contributed by atoms with Crippen molar-refractivity contribution in [3.63, 3.8) is 0 Å². The molecule has 1 aromatic rings. The van der Waals surface area contributed by atoms with E-state index < -0.39 is 4.92 Å². The van der Waals surface area contributed by atoms with Gasteiger partial charge in [0.25, 0.3) is 0 Å². The molecule has 1 heterocycles. The largest absolute Gasteiger partial charge is 0.365 e. The highest BCUT2D eigenvalue weighted by molar-refractivity contribution is 5.70. The number of hydrogen-bond donors (Lipinski definition) is 1. The third-order valence-corrected chi connectivity index (χ3v) is 3.97. The van der Waals surface area contributed by atoms with Crippen molar-refractivity contribution >= 4 is 11.4 Å². The standard InChI is InChI=1S/C14H18N4O2/c1-14(2)9-17(7-6-12(14)16)11-5-3-4-10(8-15)13(11)18(19)20/h3-5,12H,6-7,9,16H2,1-2H3. The van der Waals surface area contributed by atoms with Gasteiger partial charge in [0.15, 0.2) is 0 Å². The maximum atomic E-state index is 11.3. The van der Waals surface area contributed by atoms with Crippen molar-refractivity contribution in [2.24, 2.45) is 11.1 Å². The molecule has 2 rings (SSSR count). The summed E-state index contributed by atoms with van der Waals surface area (Å²) in [6.45, 7) is 5.43. The quantitative estimate of drug-likeness (QED) is 0.657. The zero-order chi connectivity index (χ0) is 14.9. The number of hydrogen-bond acceptors (Lipinski definition) is 5. The van der Waals surface area contributed by atoms with Crippen molar-refractivity contribution in [3.05, 3.63) is 33.9 Å². The summed E-state index contributed by atoms with van der Waals surface area (Å²) in [7, 11) is 0. The van der Waals surface area contributed by atoms with Crippen LogP contribution in [0.15, 0.2) is 18.2 Å². The van der Waals surface area contributed by atoms with Crippen molar-refractivity contribution in [1.82, 2.24) is 0 Å². The maximum Gasteiger partial charge on any atom is 0.310 e. The second-order valence-electron chi connectivity index (χ2n) is 5.85. The van der Waals surface area contributed by atoms with Gasteiger partial charge in [0.1, 0.15) is 17.3 Å². The minimum atomic E-state index is -0.477. The maximum absolute atomic E-state index is 11.3. The van der Waals surface area contributed by atoms with E-state index in [-0.39, 0.29) is 22.7 Å². The van der Waals surface area contributed by atoms with Crippen molar-refractivity contribution < 1.29 is 4.92 Å². The summed E-state index contributed by atoms with van der Waals surface area (Å²) in [6.07, 6.45) is 0.779. The van der Waals surface area contributed by atoms with E-state index in [1.54, 1.807) is 12.1 Å². The number of nitrogens with zero attached hydrogens (tertiary/aromatic N) is 3. The van der Waals surface area contributed by atoms with Gasteiger partial charge in [0.05, 0.1) is 4.92 Å². The molecule has 1 saturated heterocycles. The number of benzene rings is 1. The van der Waals surface area contributed by atoms with E-state index in [0.29, 0.717) is 18.8 Å². The first kappa shape index (κ1) is 14.3. The summed E-state index contributed by atoms with van der Waals surface area (Å²) in [5.41, 5.74) is 6.47. The summed E-state index contributed by atoms with van der Waals surface area (Å²) in [4.78, 5) is 12.8. The number of rotatable bonds is 2. The average molecular weight is 274 g/mol. The molecule has 0 saturated carbocycles. The van der Waals surface area contributed by atoms with E-state index in [1.165, 1.54) is 6.07 Å². The lowest BCUT2D eigenvalue weighted by molar-refractivity contribution is -0.384. The van der Waals surface area contributed by atoms with Gasteiger partial charge in [-0.25, -0.2) is 0 Å². The van der Waals surface area contributed by atoms with Gasteiger partial charge in [0.2, 0.25) is 0 Å². The number of nitro benzene ring substituents is 1. The fraction of sp³-hybridized carbons (Fsp3) is 0.500. The minimum absolute atomic E-state index is 0.0805.